The first-order chi connectivity index (χ1) is 9.58. The van der Waals surface area contributed by atoms with Gasteiger partial charge in [0.2, 0.25) is 5.95 Å². The minimum absolute atomic E-state index is 0.0742. The Morgan fingerprint density at radius 2 is 2.05 bits per heavy atom. The smallest absolute Gasteiger partial charge is 0.224 e. The molecule has 0 saturated carbocycles. The number of hydrogen-bond donors (Lipinski definition) is 2. The SMILES string of the molecule is CCCNc1nc(C)cc(Nc2ccc(F)c(Cl)c2)n1. The van der Waals surface area contributed by atoms with Crippen molar-refractivity contribution in [3.8, 4) is 0 Å². The number of nitrogens with one attached hydrogen (secondary N) is 2. The number of hydrogen-bond acceptors (Lipinski definition) is 4. The van der Waals surface area contributed by atoms with Crippen LogP contribution in [0.2, 0.25) is 5.02 Å². The molecule has 0 radical (unpaired) electrons. The van der Waals surface area contributed by atoms with Gasteiger partial charge >= 0.3 is 0 Å². The summed E-state index contributed by atoms with van der Waals surface area (Å²) in [5, 5.41) is 6.30. The Labute approximate surface area is 122 Å². The maximum absolute atomic E-state index is 13.1. The summed E-state index contributed by atoms with van der Waals surface area (Å²) in [5.41, 5.74) is 1.52. The molecule has 0 unspecified atom stereocenters. The molecule has 0 amide bonds. The summed E-state index contributed by atoms with van der Waals surface area (Å²) in [6.07, 6.45) is 0.994. The molecule has 0 saturated heterocycles. The molecule has 20 heavy (non-hydrogen) atoms. The third-order valence-corrected chi connectivity index (χ3v) is 2.87. The molecule has 0 atom stereocenters. The van der Waals surface area contributed by atoms with Gasteiger partial charge in [-0.3, -0.25) is 0 Å². The molecule has 0 aliphatic heterocycles. The van der Waals surface area contributed by atoms with Crippen LogP contribution in [0.3, 0.4) is 0 Å². The lowest BCUT2D eigenvalue weighted by Gasteiger charge is -2.10. The van der Waals surface area contributed by atoms with Crippen molar-refractivity contribution < 1.29 is 4.39 Å². The molecule has 1 aromatic heterocycles. The summed E-state index contributed by atoms with van der Waals surface area (Å²) < 4.78 is 13.1. The van der Waals surface area contributed by atoms with Gasteiger partial charge in [0.15, 0.2) is 0 Å². The third kappa shape index (κ3) is 3.81. The van der Waals surface area contributed by atoms with Gasteiger partial charge in [-0.05, 0) is 31.5 Å². The van der Waals surface area contributed by atoms with Gasteiger partial charge in [0.05, 0.1) is 5.02 Å². The van der Waals surface area contributed by atoms with E-state index in [0.29, 0.717) is 17.5 Å². The van der Waals surface area contributed by atoms with Crippen molar-refractivity contribution in [1.82, 2.24) is 9.97 Å². The van der Waals surface area contributed by atoms with Crippen LogP contribution in [-0.2, 0) is 0 Å². The summed E-state index contributed by atoms with van der Waals surface area (Å²) in [7, 11) is 0. The van der Waals surface area contributed by atoms with Crippen LogP contribution < -0.4 is 10.6 Å². The van der Waals surface area contributed by atoms with Crippen LogP contribution in [-0.4, -0.2) is 16.5 Å². The van der Waals surface area contributed by atoms with Crippen molar-refractivity contribution in [3.05, 3.63) is 40.8 Å². The quantitative estimate of drug-likeness (QED) is 0.870. The number of halogens is 2. The predicted molar refractivity (Wildman–Crippen MR) is 80.2 cm³/mol. The van der Waals surface area contributed by atoms with Crippen LogP contribution in [0, 0.1) is 12.7 Å². The fourth-order valence-electron chi connectivity index (χ4n) is 1.67. The van der Waals surface area contributed by atoms with Gasteiger partial charge < -0.3 is 10.6 Å². The molecule has 0 aliphatic carbocycles. The molecule has 106 valence electrons. The van der Waals surface area contributed by atoms with Crippen molar-refractivity contribution >= 4 is 29.1 Å². The van der Waals surface area contributed by atoms with Crippen LogP contribution in [0.25, 0.3) is 0 Å². The first-order valence-corrected chi connectivity index (χ1v) is 6.78. The highest BCUT2D eigenvalue weighted by molar-refractivity contribution is 6.31. The minimum Gasteiger partial charge on any atom is -0.354 e. The van der Waals surface area contributed by atoms with Gasteiger partial charge in [0.1, 0.15) is 11.6 Å². The standard InChI is InChI=1S/C14H16ClFN4/c1-3-6-17-14-18-9(2)7-13(20-14)19-10-4-5-12(16)11(15)8-10/h4-5,7-8H,3,6H2,1-2H3,(H2,17,18,19,20). The molecule has 2 aromatic rings. The molecule has 2 N–H and O–H groups in total. The molecule has 2 rings (SSSR count). The summed E-state index contributed by atoms with van der Waals surface area (Å²) in [4.78, 5) is 8.64. The van der Waals surface area contributed by atoms with E-state index in [0.717, 1.165) is 18.7 Å². The highest BCUT2D eigenvalue weighted by Crippen LogP contribution is 2.22. The lowest BCUT2D eigenvalue weighted by molar-refractivity contribution is 0.628. The van der Waals surface area contributed by atoms with Gasteiger partial charge in [0.25, 0.3) is 0 Å². The summed E-state index contributed by atoms with van der Waals surface area (Å²) in [6, 6.07) is 6.26. The van der Waals surface area contributed by atoms with Crippen LogP contribution in [0.4, 0.5) is 21.8 Å². The largest absolute Gasteiger partial charge is 0.354 e. The van der Waals surface area contributed by atoms with E-state index in [-0.39, 0.29) is 5.02 Å². The predicted octanol–water partition coefficient (Wildman–Crippen LogP) is 4.14. The van der Waals surface area contributed by atoms with Gasteiger partial charge in [-0.1, -0.05) is 18.5 Å². The molecular formula is C14H16ClFN4. The van der Waals surface area contributed by atoms with E-state index in [1.54, 1.807) is 6.07 Å². The number of rotatable bonds is 5. The van der Waals surface area contributed by atoms with Crippen molar-refractivity contribution in [2.24, 2.45) is 0 Å². The van der Waals surface area contributed by atoms with Crippen molar-refractivity contribution in [1.29, 1.82) is 0 Å². The van der Waals surface area contributed by atoms with E-state index >= 15 is 0 Å². The highest BCUT2D eigenvalue weighted by Gasteiger charge is 2.04. The van der Waals surface area contributed by atoms with Gasteiger partial charge in [-0.2, -0.15) is 4.98 Å². The molecular weight excluding hydrogens is 279 g/mol. The third-order valence-electron chi connectivity index (χ3n) is 2.58. The maximum atomic E-state index is 13.1. The normalized spacial score (nSPS) is 10.4. The molecule has 0 fully saturated rings. The Bertz CT molecular complexity index is 604. The van der Waals surface area contributed by atoms with Crippen molar-refractivity contribution in [2.75, 3.05) is 17.2 Å². The summed E-state index contributed by atoms with van der Waals surface area (Å²) in [5.74, 6) is 0.766. The monoisotopic (exact) mass is 294 g/mol. The second-order valence-corrected chi connectivity index (χ2v) is 4.81. The first kappa shape index (κ1) is 14.5. The molecule has 0 bridgehead atoms. The van der Waals surface area contributed by atoms with E-state index in [1.165, 1.54) is 12.1 Å². The average Bonchev–Trinajstić information content (AvgIpc) is 2.40. The second kappa shape index (κ2) is 6.52. The Balaban J connectivity index is 2.19. The molecule has 4 nitrogen and oxygen atoms in total. The van der Waals surface area contributed by atoms with E-state index in [1.807, 2.05) is 13.0 Å². The van der Waals surface area contributed by atoms with Crippen molar-refractivity contribution in [3.63, 3.8) is 0 Å². The molecule has 1 aromatic carbocycles. The number of nitrogens with zero attached hydrogens (tertiary/aromatic N) is 2. The van der Waals surface area contributed by atoms with Crippen LogP contribution in [0.1, 0.15) is 19.0 Å². The number of anilines is 3. The molecule has 0 aliphatic rings. The Morgan fingerprint density at radius 3 is 2.75 bits per heavy atom. The first-order valence-electron chi connectivity index (χ1n) is 6.40. The minimum atomic E-state index is -0.443. The Kier molecular flexibility index (Phi) is 4.74. The molecule has 6 heteroatoms. The van der Waals surface area contributed by atoms with Crippen LogP contribution in [0.15, 0.2) is 24.3 Å². The Morgan fingerprint density at radius 1 is 1.25 bits per heavy atom. The van der Waals surface area contributed by atoms with E-state index in [2.05, 4.69) is 27.5 Å². The van der Waals surface area contributed by atoms with Crippen LogP contribution in [0.5, 0.6) is 0 Å². The average molecular weight is 295 g/mol. The fraction of sp³-hybridized carbons (Fsp3) is 0.286. The second-order valence-electron chi connectivity index (χ2n) is 4.40. The topological polar surface area (TPSA) is 49.8 Å². The van der Waals surface area contributed by atoms with Gasteiger partial charge in [-0.15, -0.1) is 0 Å². The van der Waals surface area contributed by atoms with Gasteiger partial charge in [-0.25, -0.2) is 9.37 Å². The number of benzene rings is 1. The number of aryl methyl sites for hydroxylation is 1. The lowest BCUT2D eigenvalue weighted by Crippen LogP contribution is -2.06. The summed E-state index contributed by atoms with van der Waals surface area (Å²) in [6.45, 7) is 4.77. The van der Waals surface area contributed by atoms with E-state index in [9.17, 15) is 4.39 Å². The van der Waals surface area contributed by atoms with Crippen molar-refractivity contribution in [2.45, 2.75) is 20.3 Å². The number of aromatic nitrogens is 2. The highest BCUT2D eigenvalue weighted by atomic mass is 35.5. The Hall–Kier alpha value is -1.88. The maximum Gasteiger partial charge on any atom is 0.224 e. The zero-order valence-electron chi connectivity index (χ0n) is 11.4. The summed E-state index contributed by atoms with van der Waals surface area (Å²) >= 11 is 5.75. The molecule has 1 heterocycles. The zero-order chi connectivity index (χ0) is 14.5. The fourth-order valence-corrected chi connectivity index (χ4v) is 1.85. The lowest BCUT2D eigenvalue weighted by atomic mass is 10.3. The van der Waals surface area contributed by atoms with Gasteiger partial charge in [0, 0.05) is 24.0 Å². The van der Waals surface area contributed by atoms with Crippen LogP contribution >= 0.6 is 11.6 Å². The molecule has 0 spiro atoms. The van der Waals surface area contributed by atoms with E-state index < -0.39 is 5.82 Å². The van der Waals surface area contributed by atoms with E-state index in [4.69, 9.17) is 11.6 Å². The zero-order valence-corrected chi connectivity index (χ0v) is 12.1.